The quantitative estimate of drug-likeness (QED) is 0.237. The van der Waals surface area contributed by atoms with Gasteiger partial charge in [-0.05, 0) is 34.7 Å². The normalized spacial score (nSPS) is 10.9. The first-order valence-electron chi connectivity index (χ1n) is 7.80. The highest BCUT2D eigenvalue weighted by molar-refractivity contribution is 14.1. The molecule has 0 aliphatic carbocycles. The van der Waals surface area contributed by atoms with Crippen molar-refractivity contribution in [2.75, 3.05) is 5.32 Å². The fraction of sp³-hybridized carbons (Fsp3) is 0. The van der Waals surface area contributed by atoms with Crippen molar-refractivity contribution < 1.29 is 9.72 Å². The lowest BCUT2D eigenvalue weighted by molar-refractivity contribution is -0.384. The van der Waals surface area contributed by atoms with E-state index in [9.17, 15) is 14.9 Å². The number of non-ortho nitro benzene ring substituents is 1. The van der Waals surface area contributed by atoms with Crippen molar-refractivity contribution in [1.29, 1.82) is 0 Å². The number of nitrogens with one attached hydrogen (secondary N) is 2. The van der Waals surface area contributed by atoms with Gasteiger partial charge in [0.15, 0.2) is 5.13 Å². The van der Waals surface area contributed by atoms with Gasteiger partial charge in [-0.15, -0.1) is 11.3 Å². The van der Waals surface area contributed by atoms with E-state index in [1.807, 2.05) is 58.4 Å². The second-order valence-corrected chi connectivity index (χ2v) is 7.68. The van der Waals surface area contributed by atoms with Gasteiger partial charge in [-0.2, -0.15) is 0 Å². The maximum Gasteiger partial charge on any atom is 0.270 e. The number of carbonyl (C=O) groups is 1. The number of nitro benzene ring substituents is 1. The van der Waals surface area contributed by atoms with Crippen LogP contribution in [0.5, 0.6) is 0 Å². The summed E-state index contributed by atoms with van der Waals surface area (Å²) in [5, 5.41) is 17.0. The molecule has 0 saturated heterocycles. The lowest BCUT2D eigenvalue weighted by atomic mass is 10.1. The van der Waals surface area contributed by atoms with Crippen molar-refractivity contribution in [2.24, 2.45) is 0 Å². The molecule has 2 aromatic heterocycles. The zero-order valence-electron chi connectivity index (χ0n) is 13.6. The first-order chi connectivity index (χ1) is 13.0. The molecule has 4 aromatic rings. The molecular weight excluding hydrogens is 479 g/mol. The summed E-state index contributed by atoms with van der Waals surface area (Å²) in [5.74, 6) is -0.428. The van der Waals surface area contributed by atoms with Gasteiger partial charge in [-0.25, -0.2) is 4.98 Å². The average Bonchev–Trinajstić information content (AvgIpc) is 3.28. The molecule has 4 rings (SSSR count). The monoisotopic (exact) mass is 490 g/mol. The van der Waals surface area contributed by atoms with Crippen LogP contribution in [0.1, 0.15) is 10.4 Å². The van der Waals surface area contributed by atoms with Gasteiger partial charge in [-0.1, -0.05) is 18.2 Å². The van der Waals surface area contributed by atoms with Crippen LogP contribution in [0, 0.1) is 13.7 Å². The van der Waals surface area contributed by atoms with Crippen LogP contribution in [0.15, 0.2) is 54.0 Å². The number of halogens is 1. The Morgan fingerprint density at radius 3 is 2.89 bits per heavy atom. The summed E-state index contributed by atoms with van der Waals surface area (Å²) in [4.78, 5) is 30.6. The van der Waals surface area contributed by atoms with E-state index in [1.54, 1.807) is 6.07 Å². The van der Waals surface area contributed by atoms with Crippen LogP contribution in [-0.4, -0.2) is 20.8 Å². The Kier molecular flexibility index (Phi) is 4.62. The largest absolute Gasteiger partial charge is 0.360 e. The average molecular weight is 490 g/mol. The lowest BCUT2D eigenvalue weighted by Crippen LogP contribution is -2.13. The summed E-state index contributed by atoms with van der Waals surface area (Å²) in [6, 6.07) is 12.1. The molecule has 0 fully saturated rings. The summed E-state index contributed by atoms with van der Waals surface area (Å²) in [5.41, 5.74) is 2.83. The number of anilines is 1. The van der Waals surface area contributed by atoms with Crippen LogP contribution in [0.4, 0.5) is 10.8 Å². The maximum atomic E-state index is 12.5. The number of thiazole rings is 1. The summed E-state index contributed by atoms with van der Waals surface area (Å²) in [6.45, 7) is 0. The summed E-state index contributed by atoms with van der Waals surface area (Å²) >= 11 is 3.28. The number of benzene rings is 2. The number of amides is 1. The highest BCUT2D eigenvalue weighted by Gasteiger charge is 2.17. The summed E-state index contributed by atoms with van der Waals surface area (Å²) in [7, 11) is 0. The van der Waals surface area contributed by atoms with Crippen LogP contribution in [-0.2, 0) is 0 Å². The number of hydrogen-bond acceptors (Lipinski definition) is 5. The second kappa shape index (κ2) is 7.08. The van der Waals surface area contributed by atoms with E-state index in [4.69, 9.17) is 0 Å². The van der Waals surface area contributed by atoms with Gasteiger partial charge in [-0.3, -0.25) is 20.2 Å². The fourth-order valence-electron chi connectivity index (χ4n) is 2.70. The number of aromatic nitrogens is 2. The number of hydrogen-bond donors (Lipinski definition) is 2. The van der Waals surface area contributed by atoms with Crippen LogP contribution in [0.2, 0.25) is 0 Å². The summed E-state index contributed by atoms with van der Waals surface area (Å²) in [6.07, 6.45) is 1.88. The third-order valence-electron chi connectivity index (χ3n) is 4.00. The molecule has 9 heteroatoms. The Balaban J connectivity index is 1.61. The van der Waals surface area contributed by atoms with Gasteiger partial charge < -0.3 is 4.98 Å². The predicted molar refractivity (Wildman–Crippen MR) is 113 cm³/mol. The van der Waals surface area contributed by atoms with Crippen molar-refractivity contribution in [3.05, 3.63) is 73.3 Å². The number of fused-ring (bicyclic) bond motifs is 1. The van der Waals surface area contributed by atoms with E-state index in [2.05, 4.69) is 15.3 Å². The van der Waals surface area contributed by atoms with Crippen LogP contribution >= 0.6 is 33.9 Å². The molecule has 0 aliphatic heterocycles. The minimum absolute atomic E-state index is 0.126. The van der Waals surface area contributed by atoms with Crippen LogP contribution in [0.3, 0.4) is 0 Å². The second-order valence-electron chi connectivity index (χ2n) is 5.66. The van der Waals surface area contributed by atoms with Gasteiger partial charge in [0.2, 0.25) is 0 Å². The Labute approximate surface area is 170 Å². The van der Waals surface area contributed by atoms with Crippen molar-refractivity contribution >= 4 is 61.6 Å². The van der Waals surface area contributed by atoms with E-state index < -0.39 is 10.8 Å². The molecule has 134 valence electrons. The van der Waals surface area contributed by atoms with Crippen molar-refractivity contribution in [1.82, 2.24) is 9.97 Å². The van der Waals surface area contributed by atoms with Crippen LogP contribution in [0.25, 0.3) is 22.2 Å². The Hall–Kier alpha value is -2.79. The third-order valence-corrected chi connectivity index (χ3v) is 5.69. The molecule has 1 amide bonds. The first-order valence-corrected chi connectivity index (χ1v) is 9.76. The van der Waals surface area contributed by atoms with E-state index in [0.29, 0.717) is 8.70 Å². The van der Waals surface area contributed by atoms with Gasteiger partial charge in [0, 0.05) is 43.7 Å². The molecule has 2 heterocycles. The molecule has 0 unspecified atom stereocenters. The molecular formula is C18H11IN4O3S. The molecule has 2 N–H and O–H groups in total. The van der Waals surface area contributed by atoms with Gasteiger partial charge in [0.25, 0.3) is 11.6 Å². The Morgan fingerprint density at radius 2 is 2.07 bits per heavy atom. The molecule has 0 aliphatic rings. The number of carbonyl (C=O) groups excluding carboxylic acids is 1. The van der Waals surface area contributed by atoms with Crippen molar-refractivity contribution in [2.45, 2.75) is 0 Å². The molecule has 27 heavy (non-hydrogen) atoms. The molecule has 0 spiro atoms. The highest BCUT2D eigenvalue weighted by Crippen LogP contribution is 2.31. The van der Waals surface area contributed by atoms with E-state index in [1.165, 1.54) is 23.5 Å². The molecule has 0 bridgehead atoms. The number of para-hydroxylation sites is 1. The summed E-state index contributed by atoms with van der Waals surface area (Å²) < 4.78 is 0.629. The van der Waals surface area contributed by atoms with Gasteiger partial charge >= 0.3 is 0 Å². The minimum atomic E-state index is -0.522. The predicted octanol–water partition coefficient (Wildman–Crippen LogP) is 5.06. The van der Waals surface area contributed by atoms with Crippen LogP contribution < -0.4 is 5.32 Å². The van der Waals surface area contributed by atoms with E-state index >= 15 is 0 Å². The molecule has 2 aromatic carbocycles. The SMILES string of the molecule is O=C(Nc1nc(-c2c[nH]c3ccccc23)cs1)c1cc([N+](=O)[O-])ccc1I. The maximum absolute atomic E-state index is 12.5. The Bertz CT molecular complexity index is 1180. The smallest absolute Gasteiger partial charge is 0.270 e. The van der Waals surface area contributed by atoms with Crippen molar-refractivity contribution in [3.8, 4) is 11.3 Å². The molecule has 0 radical (unpaired) electrons. The topological polar surface area (TPSA) is 101 Å². The number of H-pyrrole nitrogens is 1. The zero-order chi connectivity index (χ0) is 19.0. The molecule has 0 atom stereocenters. The lowest BCUT2D eigenvalue weighted by Gasteiger charge is -2.04. The Morgan fingerprint density at radius 1 is 1.26 bits per heavy atom. The number of aromatic amines is 1. The third kappa shape index (κ3) is 3.43. The number of rotatable bonds is 4. The molecule has 7 nitrogen and oxygen atoms in total. The number of nitrogens with zero attached hydrogens (tertiary/aromatic N) is 2. The highest BCUT2D eigenvalue weighted by atomic mass is 127. The van der Waals surface area contributed by atoms with E-state index in [0.717, 1.165) is 22.2 Å². The molecule has 0 saturated carbocycles. The van der Waals surface area contributed by atoms with Gasteiger partial charge in [0.05, 0.1) is 16.2 Å². The van der Waals surface area contributed by atoms with Crippen molar-refractivity contribution in [3.63, 3.8) is 0 Å². The van der Waals surface area contributed by atoms with Gasteiger partial charge in [0.1, 0.15) is 0 Å². The van der Waals surface area contributed by atoms with E-state index in [-0.39, 0.29) is 11.3 Å². The minimum Gasteiger partial charge on any atom is -0.360 e. The fourth-order valence-corrected chi connectivity index (χ4v) is 3.99. The number of nitro groups is 1. The standard InChI is InChI=1S/C18H11IN4O3S/c19-14-6-5-10(23(25)26)7-12(14)17(24)22-18-21-16(9-27-18)13-8-20-15-4-2-1-3-11(13)15/h1-9,20H,(H,21,22,24). The first kappa shape index (κ1) is 17.6. The zero-order valence-corrected chi connectivity index (χ0v) is 16.6.